The Labute approximate surface area is 244 Å². The number of rotatable bonds is 6. The highest BCUT2D eigenvalue weighted by Gasteiger charge is 2.46. The Morgan fingerprint density at radius 1 is 1.10 bits per heavy atom. The maximum absolute atomic E-state index is 14.1. The van der Waals surface area contributed by atoms with Gasteiger partial charge in [-0.25, -0.2) is 9.37 Å². The minimum Gasteiger partial charge on any atom is -0.495 e. The standard InChI is InChI=1S/C33H42FN3O3Si/c1-22-20-36(21-35-22)29-15-8-23(17-31(29)39-5)16-25-11-14-27-18-28(40-41(6,7)33(2,3)4)19-30(37(27)32(25)38)24-9-12-26(34)13-10-24/h8-10,12-13,15-17,20-21,27-28,30H,11,14,18-19H2,1-7H3/t27-,28+,30-/m0/s1. The minimum atomic E-state index is -2.00. The molecule has 2 aromatic carbocycles. The summed E-state index contributed by atoms with van der Waals surface area (Å²) in [4.78, 5) is 20.5. The van der Waals surface area contributed by atoms with Crippen LogP contribution in [-0.2, 0) is 9.22 Å². The van der Waals surface area contributed by atoms with Crippen LogP contribution in [0.25, 0.3) is 11.8 Å². The van der Waals surface area contributed by atoms with Gasteiger partial charge >= 0.3 is 0 Å². The number of hydrogen-bond donors (Lipinski definition) is 0. The van der Waals surface area contributed by atoms with Crippen LogP contribution in [-0.4, -0.2) is 47.9 Å². The van der Waals surface area contributed by atoms with E-state index in [1.165, 1.54) is 12.1 Å². The normalized spacial score (nSPS) is 22.6. The molecule has 0 saturated carbocycles. The lowest BCUT2D eigenvalue weighted by Crippen LogP contribution is -2.55. The van der Waals surface area contributed by atoms with E-state index in [0.717, 1.165) is 40.9 Å². The molecule has 2 aliphatic rings. The highest BCUT2D eigenvalue weighted by molar-refractivity contribution is 6.74. The molecule has 1 amide bonds. The summed E-state index contributed by atoms with van der Waals surface area (Å²) in [5.41, 5.74) is 4.47. The number of imidazole rings is 1. The SMILES string of the molecule is COc1cc(C=C2CC[C@H]3C[C@@H](O[Si](C)(C)C(C)(C)C)C[C@@H](c4ccc(F)cc4)N3C2=O)ccc1-n1cnc(C)c1. The highest BCUT2D eigenvalue weighted by Crippen LogP contribution is 2.45. The molecule has 3 heterocycles. The Bertz CT molecular complexity index is 1440. The van der Waals surface area contributed by atoms with Gasteiger partial charge in [-0.3, -0.25) is 4.79 Å². The van der Waals surface area contributed by atoms with Crippen LogP contribution in [0.15, 0.2) is 60.6 Å². The third-order valence-electron chi connectivity index (χ3n) is 9.06. The van der Waals surface area contributed by atoms with E-state index in [9.17, 15) is 9.18 Å². The molecule has 3 atom stereocenters. The van der Waals surface area contributed by atoms with Crippen LogP contribution in [0.4, 0.5) is 4.39 Å². The molecule has 0 bridgehead atoms. The van der Waals surface area contributed by atoms with Crippen molar-refractivity contribution in [3.63, 3.8) is 0 Å². The summed E-state index contributed by atoms with van der Waals surface area (Å²) in [6.07, 6.45) is 8.89. The largest absolute Gasteiger partial charge is 0.495 e. The number of benzene rings is 2. The van der Waals surface area contributed by atoms with Crippen molar-refractivity contribution in [1.82, 2.24) is 14.5 Å². The van der Waals surface area contributed by atoms with Gasteiger partial charge < -0.3 is 18.6 Å². The highest BCUT2D eigenvalue weighted by atomic mass is 28.4. The van der Waals surface area contributed by atoms with Gasteiger partial charge in [0.25, 0.3) is 5.91 Å². The summed E-state index contributed by atoms with van der Waals surface area (Å²) in [6.45, 7) is 13.3. The zero-order valence-electron chi connectivity index (χ0n) is 25.3. The van der Waals surface area contributed by atoms with Crippen molar-refractivity contribution >= 4 is 20.3 Å². The molecule has 5 rings (SSSR count). The van der Waals surface area contributed by atoms with E-state index in [2.05, 4.69) is 38.8 Å². The lowest BCUT2D eigenvalue weighted by Gasteiger charge is -2.50. The van der Waals surface area contributed by atoms with Crippen molar-refractivity contribution in [2.24, 2.45) is 0 Å². The summed E-state index contributed by atoms with van der Waals surface area (Å²) in [5.74, 6) is 0.490. The Hall–Kier alpha value is -3.23. The van der Waals surface area contributed by atoms with Crippen LogP contribution in [0.3, 0.4) is 0 Å². The number of aryl methyl sites for hydroxylation is 1. The number of piperidine rings is 2. The van der Waals surface area contributed by atoms with Gasteiger partial charge in [0.1, 0.15) is 11.6 Å². The zero-order chi connectivity index (χ0) is 29.5. The van der Waals surface area contributed by atoms with Crippen molar-refractivity contribution in [1.29, 1.82) is 0 Å². The molecule has 2 fully saturated rings. The fourth-order valence-electron chi connectivity index (χ4n) is 5.85. The minimum absolute atomic E-state index is 0.0506. The maximum Gasteiger partial charge on any atom is 0.250 e. The molecule has 0 radical (unpaired) electrons. The first-order valence-corrected chi connectivity index (χ1v) is 17.4. The van der Waals surface area contributed by atoms with Gasteiger partial charge in [0, 0.05) is 23.9 Å². The number of hydrogen-bond acceptors (Lipinski definition) is 4. The van der Waals surface area contributed by atoms with Crippen molar-refractivity contribution in [2.75, 3.05) is 7.11 Å². The zero-order valence-corrected chi connectivity index (χ0v) is 26.3. The Kier molecular flexibility index (Phi) is 8.00. The fraction of sp³-hybridized carbons (Fsp3) is 0.455. The van der Waals surface area contributed by atoms with Crippen LogP contribution in [0.5, 0.6) is 5.75 Å². The summed E-state index contributed by atoms with van der Waals surface area (Å²) >= 11 is 0. The van der Waals surface area contributed by atoms with Crippen LogP contribution in [0, 0.1) is 12.7 Å². The first kappa shape index (κ1) is 29.3. The van der Waals surface area contributed by atoms with E-state index in [1.807, 2.05) is 59.0 Å². The molecule has 1 aromatic heterocycles. The van der Waals surface area contributed by atoms with E-state index in [1.54, 1.807) is 13.4 Å². The molecule has 6 nitrogen and oxygen atoms in total. The average Bonchev–Trinajstić information content (AvgIpc) is 3.35. The Balaban J connectivity index is 1.44. The average molecular weight is 576 g/mol. The first-order valence-electron chi connectivity index (χ1n) is 14.5. The second-order valence-corrected chi connectivity index (χ2v) is 17.7. The lowest BCUT2D eigenvalue weighted by molar-refractivity contribution is -0.139. The number of halogens is 1. The van der Waals surface area contributed by atoms with E-state index in [-0.39, 0.29) is 35.0 Å². The lowest BCUT2D eigenvalue weighted by atomic mass is 9.82. The van der Waals surface area contributed by atoms with Gasteiger partial charge in [-0.2, -0.15) is 0 Å². The summed E-state index contributed by atoms with van der Waals surface area (Å²) in [7, 11) is -0.347. The maximum atomic E-state index is 14.1. The molecular weight excluding hydrogens is 533 g/mol. The van der Waals surface area contributed by atoms with Gasteiger partial charge in [0.05, 0.1) is 30.9 Å². The van der Waals surface area contributed by atoms with Crippen LogP contribution >= 0.6 is 0 Å². The summed E-state index contributed by atoms with van der Waals surface area (Å²) in [6, 6.07) is 12.5. The number of fused-ring (bicyclic) bond motifs is 1. The van der Waals surface area contributed by atoms with Gasteiger partial charge in [-0.05, 0) is 92.2 Å². The Morgan fingerprint density at radius 3 is 2.46 bits per heavy atom. The first-order chi connectivity index (χ1) is 19.4. The van der Waals surface area contributed by atoms with E-state index in [4.69, 9.17) is 9.16 Å². The molecule has 2 saturated heterocycles. The molecule has 0 aliphatic carbocycles. The van der Waals surface area contributed by atoms with Crippen LogP contribution < -0.4 is 4.74 Å². The second-order valence-electron chi connectivity index (χ2n) is 13.0. The molecule has 41 heavy (non-hydrogen) atoms. The molecule has 8 heteroatoms. The molecule has 3 aromatic rings. The number of aromatic nitrogens is 2. The van der Waals surface area contributed by atoms with Crippen molar-refractivity contribution in [3.8, 4) is 11.4 Å². The van der Waals surface area contributed by atoms with Gasteiger partial charge in [0.15, 0.2) is 8.32 Å². The number of nitrogens with zero attached hydrogens (tertiary/aromatic N) is 3. The van der Waals surface area contributed by atoms with Crippen LogP contribution in [0.1, 0.15) is 69.3 Å². The topological polar surface area (TPSA) is 56.6 Å². The van der Waals surface area contributed by atoms with Crippen LogP contribution in [0.2, 0.25) is 18.1 Å². The predicted octanol–water partition coefficient (Wildman–Crippen LogP) is 7.63. The second kappa shape index (κ2) is 11.2. The number of carbonyl (C=O) groups is 1. The monoisotopic (exact) mass is 575 g/mol. The number of ether oxygens (including phenoxy) is 1. The summed E-state index contributed by atoms with van der Waals surface area (Å²) < 4.78 is 28.4. The predicted molar refractivity (Wildman–Crippen MR) is 163 cm³/mol. The number of carbonyl (C=O) groups excluding carboxylic acids is 1. The van der Waals surface area contributed by atoms with Crippen molar-refractivity contribution in [2.45, 2.75) is 89.7 Å². The van der Waals surface area contributed by atoms with Gasteiger partial charge in [-0.15, -0.1) is 0 Å². The molecule has 0 spiro atoms. The van der Waals surface area contributed by atoms with Gasteiger partial charge in [-0.1, -0.05) is 39.0 Å². The molecule has 0 N–H and O–H groups in total. The smallest absolute Gasteiger partial charge is 0.250 e. The Morgan fingerprint density at radius 2 is 1.83 bits per heavy atom. The van der Waals surface area contributed by atoms with E-state index >= 15 is 0 Å². The van der Waals surface area contributed by atoms with Gasteiger partial charge in [0.2, 0.25) is 0 Å². The third-order valence-corrected chi connectivity index (χ3v) is 13.6. The van der Waals surface area contributed by atoms with Crippen molar-refractivity contribution in [3.05, 3.63) is 83.2 Å². The van der Waals surface area contributed by atoms with E-state index in [0.29, 0.717) is 18.6 Å². The molecule has 218 valence electrons. The summed E-state index contributed by atoms with van der Waals surface area (Å²) in [5, 5.41) is 0.0983. The van der Waals surface area contributed by atoms with E-state index < -0.39 is 8.32 Å². The number of amides is 1. The number of methoxy groups -OCH3 is 1. The molecular formula is C33H42FN3O3Si. The third kappa shape index (κ3) is 6.04. The molecule has 2 aliphatic heterocycles. The van der Waals surface area contributed by atoms with Crippen molar-refractivity contribution < 1.29 is 18.3 Å². The quantitative estimate of drug-likeness (QED) is 0.224. The fourth-order valence-corrected chi connectivity index (χ4v) is 7.23. The molecule has 0 unspecified atom stereocenters.